The van der Waals surface area contributed by atoms with Crippen molar-refractivity contribution >= 4 is 22.7 Å². The zero-order chi connectivity index (χ0) is 14.0. The molecule has 3 N–H and O–H groups in total. The predicted octanol–water partition coefficient (Wildman–Crippen LogP) is 1.34. The van der Waals surface area contributed by atoms with Gasteiger partial charge in [0.2, 0.25) is 5.91 Å². The first-order valence-corrected chi connectivity index (χ1v) is 6.13. The summed E-state index contributed by atoms with van der Waals surface area (Å²) < 4.78 is 0. The van der Waals surface area contributed by atoms with Crippen molar-refractivity contribution in [1.29, 1.82) is 0 Å². The number of benzene rings is 1. The lowest BCUT2D eigenvalue weighted by Crippen LogP contribution is -2.43. The summed E-state index contributed by atoms with van der Waals surface area (Å²) in [7, 11) is 1.54. The number of rotatable bonds is 3. The van der Waals surface area contributed by atoms with E-state index in [1.54, 1.807) is 13.0 Å². The zero-order valence-electron chi connectivity index (χ0n) is 11.2. The minimum atomic E-state index is -0.564. The molecule has 0 radical (unpaired) electrons. The molecule has 1 aromatic carbocycles. The van der Waals surface area contributed by atoms with E-state index in [0.29, 0.717) is 5.69 Å². The van der Waals surface area contributed by atoms with Crippen LogP contribution >= 0.6 is 0 Å². The van der Waals surface area contributed by atoms with Gasteiger partial charge in [-0.05, 0) is 32.0 Å². The van der Waals surface area contributed by atoms with Gasteiger partial charge >= 0.3 is 0 Å². The second kappa shape index (κ2) is 5.14. The SMILES string of the molecule is CNC(=O)C(C)NC(=O)c1cc2cc(C)ccc2[nH]1. The first-order chi connectivity index (χ1) is 9.01. The van der Waals surface area contributed by atoms with Gasteiger partial charge in [0.1, 0.15) is 11.7 Å². The first kappa shape index (κ1) is 13.1. The molecule has 1 unspecified atom stereocenters. The van der Waals surface area contributed by atoms with E-state index in [1.807, 2.05) is 25.1 Å². The van der Waals surface area contributed by atoms with Crippen molar-refractivity contribution in [2.45, 2.75) is 19.9 Å². The number of aryl methyl sites for hydroxylation is 1. The molecule has 0 saturated heterocycles. The molecule has 0 aliphatic carbocycles. The Morgan fingerprint density at radius 3 is 2.68 bits per heavy atom. The Bertz CT molecular complexity index is 631. The fraction of sp³-hybridized carbons (Fsp3) is 0.286. The third-order valence-electron chi connectivity index (χ3n) is 3.01. The summed E-state index contributed by atoms with van der Waals surface area (Å²) >= 11 is 0. The number of carbonyl (C=O) groups is 2. The molecule has 2 amide bonds. The number of aromatic amines is 1. The molecule has 0 fully saturated rings. The molecule has 0 saturated carbocycles. The van der Waals surface area contributed by atoms with E-state index in [9.17, 15) is 9.59 Å². The quantitative estimate of drug-likeness (QED) is 0.778. The second-order valence-electron chi connectivity index (χ2n) is 4.58. The number of amides is 2. The van der Waals surface area contributed by atoms with Gasteiger partial charge in [-0.15, -0.1) is 0 Å². The third kappa shape index (κ3) is 2.76. The van der Waals surface area contributed by atoms with Crippen LogP contribution in [0.4, 0.5) is 0 Å². The molecular weight excluding hydrogens is 242 g/mol. The maximum Gasteiger partial charge on any atom is 0.268 e. The monoisotopic (exact) mass is 259 g/mol. The normalized spacial score (nSPS) is 12.2. The number of carbonyl (C=O) groups excluding carboxylic acids is 2. The second-order valence-corrected chi connectivity index (χ2v) is 4.58. The largest absolute Gasteiger partial charge is 0.357 e. The number of fused-ring (bicyclic) bond motifs is 1. The molecule has 5 heteroatoms. The van der Waals surface area contributed by atoms with Crippen LogP contribution in [0.3, 0.4) is 0 Å². The molecule has 1 aromatic heterocycles. The summed E-state index contributed by atoms with van der Waals surface area (Å²) in [6.45, 7) is 3.64. The van der Waals surface area contributed by atoms with Gasteiger partial charge in [0.05, 0.1) is 0 Å². The average molecular weight is 259 g/mol. The number of H-pyrrole nitrogens is 1. The van der Waals surface area contributed by atoms with Crippen LogP contribution < -0.4 is 10.6 Å². The predicted molar refractivity (Wildman–Crippen MR) is 74.0 cm³/mol. The summed E-state index contributed by atoms with van der Waals surface area (Å²) in [4.78, 5) is 26.4. The maximum absolute atomic E-state index is 12.0. The molecule has 19 heavy (non-hydrogen) atoms. The van der Waals surface area contributed by atoms with Crippen molar-refractivity contribution in [3.8, 4) is 0 Å². The van der Waals surface area contributed by atoms with E-state index in [0.717, 1.165) is 16.5 Å². The van der Waals surface area contributed by atoms with E-state index < -0.39 is 6.04 Å². The van der Waals surface area contributed by atoms with Crippen LogP contribution in [0.25, 0.3) is 10.9 Å². The average Bonchev–Trinajstić information content (AvgIpc) is 2.80. The highest BCUT2D eigenvalue weighted by Crippen LogP contribution is 2.16. The Balaban J connectivity index is 2.20. The fourth-order valence-corrected chi connectivity index (χ4v) is 1.93. The van der Waals surface area contributed by atoms with E-state index in [-0.39, 0.29) is 11.8 Å². The molecule has 0 aliphatic rings. The molecule has 1 atom stereocenters. The molecule has 2 rings (SSSR count). The summed E-state index contributed by atoms with van der Waals surface area (Å²) in [6, 6.07) is 7.14. The molecule has 5 nitrogen and oxygen atoms in total. The van der Waals surface area contributed by atoms with Crippen LogP contribution in [0.5, 0.6) is 0 Å². The summed E-state index contributed by atoms with van der Waals surface area (Å²) in [5.74, 6) is -0.509. The van der Waals surface area contributed by atoms with Gasteiger partial charge in [-0.25, -0.2) is 0 Å². The lowest BCUT2D eigenvalue weighted by molar-refractivity contribution is -0.122. The van der Waals surface area contributed by atoms with Gasteiger partial charge in [-0.2, -0.15) is 0 Å². The van der Waals surface area contributed by atoms with Crippen LogP contribution in [-0.4, -0.2) is 29.9 Å². The van der Waals surface area contributed by atoms with Gasteiger partial charge in [-0.1, -0.05) is 11.6 Å². The van der Waals surface area contributed by atoms with Crippen LogP contribution in [0.15, 0.2) is 24.3 Å². The Morgan fingerprint density at radius 2 is 2.00 bits per heavy atom. The van der Waals surface area contributed by atoms with Crippen LogP contribution in [0.1, 0.15) is 23.0 Å². The lowest BCUT2D eigenvalue weighted by atomic mass is 10.2. The van der Waals surface area contributed by atoms with Gasteiger partial charge in [0.25, 0.3) is 5.91 Å². The van der Waals surface area contributed by atoms with E-state index in [1.165, 1.54) is 7.05 Å². The van der Waals surface area contributed by atoms with E-state index in [2.05, 4.69) is 15.6 Å². The van der Waals surface area contributed by atoms with Crippen molar-refractivity contribution < 1.29 is 9.59 Å². The van der Waals surface area contributed by atoms with Gasteiger partial charge in [0.15, 0.2) is 0 Å². The highest BCUT2D eigenvalue weighted by molar-refractivity contribution is 6.00. The molecule has 0 spiro atoms. The zero-order valence-corrected chi connectivity index (χ0v) is 11.2. The maximum atomic E-state index is 12.0. The van der Waals surface area contributed by atoms with Crippen molar-refractivity contribution in [2.24, 2.45) is 0 Å². The number of nitrogens with one attached hydrogen (secondary N) is 3. The van der Waals surface area contributed by atoms with Gasteiger partial charge < -0.3 is 15.6 Å². The van der Waals surface area contributed by atoms with E-state index in [4.69, 9.17) is 0 Å². The Kier molecular flexibility index (Phi) is 3.55. The summed E-state index contributed by atoms with van der Waals surface area (Å²) in [5, 5.41) is 6.12. The summed E-state index contributed by atoms with van der Waals surface area (Å²) in [6.07, 6.45) is 0. The molecule has 0 bridgehead atoms. The van der Waals surface area contributed by atoms with Gasteiger partial charge in [-0.3, -0.25) is 9.59 Å². The van der Waals surface area contributed by atoms with Crippen LogP contribution in [0, 0.1) is 6.92 Å². The number of likely N-dealkylation sites (N-methyl/N-ethyl adjacent to an activating group) is 1. The lowest BCUT2D eigenvalue weighted by Gasteiger charge is -2.11. The molecule has 0 aliphatic heterocycles. The Hall–Kier alpha value is -2.30. The van der Waals surface area contributed by atoms with Crippen molar-refractivity contribution in [1.82, 2.24) is 15.6 Å². The number of hydrogen-bond acceptors (Lipinski definition) is 2. The number of hydrogen-bond donors (Lipinski definition) is 3. The molecular formula is C14H17N3O2. The minimum Gasteiger partial charge on any atom is -0.357 e. The smallest absolute Gasteiger partial charge is 0.268 e. The highest BCUT2D eigenvalue weighted by Gasteiger charge is 2.16. The van der Waals surface area contributed by atoms with Crippen LogP contribution in [-0.2, 0) is 4.79 Å². The van der Waals surface area contributed by atoms with E-state index >= 15 is 0 Å². The Morgan fingerprint density at radius 1 is 1.26 bits per heavy atom. The topological polar surface area (TPSA) is 74.0 Å². The molecule has 2 aromatic rings. The first-order valence-electron chi connectivity index (χ1n) is 6.13. The standard InChI is InChI=1S/C14H17N3O2/c1-8-4-5-11-10(6-8)7-12(17-11)14(19)16-9(2)13(18)15-3/h4-7,9,17H,1-3H3,(H,15,18)(H,16,19). The summed E-state index contributed by atoms with van der Waals surface area (Å²) in [5.41, 5.74) is 2.50. The van der Waals surface area contributed by atoms with Crippen molar-refractivity contribution in [2.75, 3.05) is 7.05 Å². The highest BCUT2D eigenvalue weighted by atomic mass is 16.2. The fourth-order valence-electron chi connectivity index (χ4n) is 1.93. The molecule has 100 valence electrons. The molecule has 1 heterocycles. The van der Waals surface area contributed by atoms with Crippen molar-refractivity contribution in [3.63, 3.8) is 0 Å². The van der Waals surface area contributed by atoms with Crippen LogP contribution in [0.2, 0.25) is 0 Å². The minimum absolute atomic E-state index is 0.222. The third-order valence-corrected chi connectivity index (χ3v) is 3.01. The number of aromatic nitrogens is 1. The Labute approximate surface area is 111 Å². The van der Waals surface area contributed by atoms with Gasteiger partial charge in [0, 0.05) is 18.0 Å². The van der Waals surface area contributed by atoms with Crippen molar-refractivity contribution in [3.05, 3.63) is 35.5 Å².